The number of carbonyl (C=O) groups is 2. The molecule has 0 radical (unpaired) electrons. The highest BCUT2D eigenvalue weighted by Gasteiger charge is 2.50. The zero-order valence-corrected chi connectivity index (χ0v) is 19.3. The SMILES string of the molecule is COc1c(C)cc(C)cc1/C(O)=C1\C(=O)C(=O)N(C2CCCCC2)C1c1sccc1C. The van der Waals surface area contributed by atoms with Gasteiger partial charge in [-0.3, -0.25) is 9.59 Å². The van der Waals surface area contributed by atoms with Gasteiger partial charge >= 0.3 is 0 Å². The van der Waals surface area contributed by atoms with Crippen LogP contribution < -0.4 is 4.74 Å². The molecule has 1 N–H and O–H groups in total. The maximum atomic E-state index is 13.3. The third kappa shape index (κ3) is 3.67. The molecule has 1 amide bonds. The quantitative estimate of drug-likeness (QED) is 0.392. The average Bonchev–Trinajstić information content (AvgIpc) is 3.28. The molecule has 1 saturated heterocycles. The molecule has 1 aliphatic heterocycles. The van der Waals surface area contributed by atoms with Crippen LogP contribution in [-0.2, 0) is 9.59 Å². The second-order valence-corrected chi connectivity index (χ2v) is 9.58. The normalized spacial score (nSPS) is 21.7. The van der Waals surface area contributed by atoms with Crippen LogP contribution in [0.1, 0.15) is 65.3 Å². The molecule has 1 aliphatic carbocycles. The molecule has 164 valence electrons. The summed E-state index contributed by atoms with van der Waals surface area (Å²) in [5.74, 6) is -0.747. The number of methoxy groups -OCH3 is 1. The van der Waals surface area contributed by atoms with Crippen LogP contribution in [0.5, 0.6) is 5.75 Å². The van der Waals surface area contributed by atoms with E-state index in [1.54, 1.807) is 12.0 Å². The summed E-state index contributed by atoms with van der Waals surface area (Å²) in [6.07, 6.45) is 5.04. The van der Waals surface area contributed by atoms with Crippen LogP contribution in [0.25, 0.3) is 5.76 Å². The number of aryl methyl sites for hydroxylation is 3. The van der Waals surface area contributed by atoms with Crippen LogP contribution in [-0.4, -0.2) is 34.8 Å². The Balaban J connectivity index is 1.94. The first kappa shape index (κ1) is 21.6. The van der Waals surface area contributed by atoms with Gasteiger partial charge in [-0.15, -0.1) is 11.3 Å². The minimum absolute atomic E-state index is 0.0168. The van der Waals surface area contributed by atoms with Gasteiger partial charge in [-0.1, -0.05) is 25.3 Å². The molecule has 31 heavy (non-hydrogen) atoms. The minimum atomic E-state index is -0.609. The summed E-state index contributed by atoms with van der Waals surface area (Å²) in [5, 5.41) is 13.4. The molecule has 1 aromatic heterocycles. The smallest absolute Gasteiger partial charge is 0.295 e. The Morgan fingerprint density at radius 2 is 1.81 bits per heavy atom. The number of Topliss-reactive ketones (excluding diaryl/α,β-unsaturated/α-hetero) is 1. The van der Waals surface area contributed by atoms with Crippen molar-refractivity contribution in [3.05, 3.63) is 56.3 Å². The van der Waals surface area contributed by atoms with Crippen molar-refractivity contribution in [2.45, 2.75) is 65.0 Å². The predicted octanol–water partition coefficient (Wildman–Crippen LogP) is 5.44. The number of amides is 1. The van der Waals surface area contributed by atoms with Gasteiger partial charge in [0.2, 0.25) is 0 Å². The van der Waals surface area contributed by atoms with E-state index in [2.05, 4.69) is 0 Å². The first-order chi connectivity index (χ1) is 14.8. The predicted molar refractivity (Wildman–Crippen MR) is 123 cm³/mol. The Labute approximate surface area is 187 Å². The molecule has 1 saturated carbocycles. The number of aliphatic hydroxyl groups is 1. The number of ether oxygens (including phenoxy) is 1. The van der Waals surface area contributed by atoms with Crippen molar-refractivity contribution >= 4 is 28.8 Å². The van der Waals surface area contributed by atoms with Gasteiger partial charge in [0.05, 0.1) is 18.2 Å². The van der Waals surface area contributed by atoms with Gasteiger partial charge in [-0.25, -0.2) is 0 Å². The molecule has 1 aromatic carbocycles. The van der Waals surface area contributed by atoms with E-state index in [1.165, 1.54) is 11.3 Å². The number of benzene rings is 1. The number of rotatable bonds is 4. The Kier molecular flexibility index (Phi) is 5.93. The van der Waals surface area contributed by atoms with Crippen molar-refractivity contribution in [1.29, 1.82) is 0 Å². The van der Waals surface area contributed by atoms with E-state index in [-0.39, 0.29) is 17.4 Å². The van der Waals surface area contributed by atoms with Gasteiger partial charge in [0, 0.05) is 10.9 Å². The standard InChI is InChI=1S/C25H29NO4S/c1-14-12-16(3)23(30-4)18(13-14)21(27)19-20(24-15(2)10-11-31-24)26(25(29)22(19)28)17-8-6-5-7-9-17/h10-13,17,20,27H,5-9H2,1-4H3/b21-19+. The topological polar surface area (TPSA) is 66.8 Å². The molecule has 0 bridgehead atoms. The zero-order chi connectivity index (χ0) is 22.3. The molecule has 0 spiro atoms. The highest BCUT2D eigenvalue weighted by molar-refractivity contribution is 7.10. The van der Waals surface area contributed by atoms with E-state index in [4.69, 9.17) is 4.74 Å². The van der Waals surface area contributed by atoms with Gasteiger partial charge in [-0.2, -0.15) is 0 Å². The Morgan fingerprint density at radius 1 is 1.10 bits per heavy atom. The van der Waals surface area contributed by atoms with Crippen LogP contribution >= 0.6 is 11.3 Å². The number of thiophene rings is 1. The second-order valence-electron chi connectivity index (χ2n) is 8.63. The first-order valence-corrected chi connectivity index (χ1v) is 11.7. The third-order valence-electron chi connectivity index (χ3n) is 6.48. The zero-order valence-electron chi connectivity index (χ0n) is 18.5. The molecule has 5 nitrogen and oxygen atoms in total. The second kappa shape index (κ2) is 8.50. The fraction of sp³-hybridized carbons (Fsp3) is 0.440. The molecule has 1 unspecified atom stereocenters. The Morgan fingerprint density at radius 3 is 2.42 bits per heavy atom. The fourth-order valence-corrected chi connectivity index (χ4v) is 6.09. The van der Waals surface area contributed by atoms with Crippen molar-refractivity contribution in [3.63, 3.8) is 0 Å². The lowest BCUT2D eigenvalue weighted by atomic mass is 9.92. The average molecular weight is 440 g/mol. The molecule has 4 rings (SSSR count). The first-order valence-electron chi connectivity index (χ1n) is 10.8. The van der Waals surface area contributed by atoms with Gasteiger partial charge in [-0.05, 0) is 67.8 Å². The summed E-state index contributed by atoms with van der Waals surface area (Å²) in [6, 6.07) is 5.24. The van der Waals surface area contributed by atoms with Crippen molar-refractivity contribution in [2.24, 2.45) is 0 Å². The minimum Gasteiger partial charge on any atom is -0.507 e. The number of hydrogen-bond donors (Lipinski definition) is 1. The lowest BCUT2D eigenvalue weighted by Gasteiger charge is -2.35. The van der Waals surface area contributed by atoms with Crippen LogP contribution in [0.4, 0.5) is 0 Å². The van der Waals surface area contributed by atoms with Crippen LogP contribution in [0.3, 0.4) is 0 Å². The van der Waals surface area contributed by atoms with E-state index >= 15 is 0 Å². The van der Waals surface area contributed by atoms with Crippen molar-refractivity contribution in [1.82, 2.24) is 4.90 Å². The van der Waals surface area contributed by atoms with Gasteiger partial charge < -0.3 is 14.7 Å². The summed E-state index contributed by atoms with van der Waals surface area (Å²) in [4.78, 5) is 29.3. The summed E-state index contributed by atoms with van der Waals surface area (Å²) < 4.78 is 5.57. The maximum absolute atomic E-state index is 13.3. The van der Waals surface area contributed by atoms with E-state index < -0.39 is 17.7 Å². The van der Waals surface area contributed by atoms with Gasteiger partial charge in [0.1, 0.15) is 17.6 Å². The molecular weight excluding hydrogens is 410 g/mol. The Bertz CT molecular complexity index is 1060. The van der Waals surface area contributed by atoms with E-state index in [9.17, 15) is 14.7 Å². The Hall–Kier alpha value is -2.60. The maximum Gasteiger partial charge on any atom is 0.295 e. The van der Waals surface area contributed by atoms with Gasteiger partial charge in [0.15, 0.2) is 0 Å². The molecule has 2 heterocycles. The van der Waals surface area contributed by atoms with Crippen molar-refractivity contribution in [2.75, 3.05) is 7.11 Å². The molecule has 2 fully saturated rings. The lowest BCUT2D eigenvalue weighted by Crippen LogP contribution is -2.40. The van der Waals surface area contributed by atoms with Crippen LogP contribution in [0, 0.1) is 20.8 Å². The van der Waals surface area contributed by atoms with E-state index in [0.717, 1.165) is 53.7 Å². The molecule has 1 atom stereocenters. The fourth-order valence-electron chi connectivity index (χ4n) is 5.05. The van der Waals surface area contributed by atoms with Crippen molar-refractivity contribution < 1.29 is 19.4 Å². The number of aliphatic hydroxyl groups excluding tert-OH is 1. The monoisotopic (exact) mass is 439 g/mol. The van der Waals surface area contributed by atoms with Gasteiger partial charge in [0.25, 0.3) is 11.7 Å². The summed E-state index contributed by atoms with van der Waals surface area (Å²) in [5.41, 5.74) is 3.47. The van der Waals surface area contributed by atoms with Crippen LogP contribution in [0.2, 0.25) is 0 Å². The molecule has 6 heteroatoms. The number of ketones is 1. The molecular formula is C25H29NO4S. The lowest BCUT2D eigenvalue weighted by molar-refractivity contribution is -0.141. The number of likely N-dealkylation sites (tertiary alicyclic amines) is 1. The number of hydrogen-bond acceptors (Lipinski definition) is 5. The highest BCUT2D eigenvalue weighted by atomic mass is 32.1. The number of nitrogens with zero attached hydrogens (tertiary/aromatic N) is 1. The summed E-state index contributed by atoms with van der Waals surface area (Å²) >= 11 is 1.53. The third-order valence-corrected chi connectivity index (χ3v) is 7.55. The van der Waals surface area contributed by atoms with Crippen LogP contribution in [0.15, 0.2) is 29.2 Å². The van der Waals surface area contributed by atoms with Crippen molar-refractivity contribution in [3.8, 4) is 5.75 Å². The largest absolute Gasteiger partial charge is 0.507 e. The highest BCUT2D eigenvalue weighted by Crippen LogP contribution is 2.46. The molecule has 2 aromatic rings. The summed E-state index contributed by atoms with van der Waals surface area (Å²) in [6.45, 7) is 5.83. The van der Waals surface area contributed by atoms with E-state index in [1.807, 2.05) is 44.4 Å². The number of carbonyl (C=O) groups excluding carboxylic acids is 2. The summed E-state index contributed by atoms with van der Waals surface area (Å²) in [7, 11) is 1.55. The molecule has 2 aliphatic rings. The van der Waals surface area contributed by atoms with E-state index in [0.29, 0.717) is 11.3 Å².